The van der Waals surface area contributed by atoms with E-state index in [-0.39, 0.29) is 11.6 Å². The standard InChI is InChI=1S/C23H25N3/c1-4-5-13-26(19(3)21-9-7-6-8-10-21)23-12-11-22(18(2)14-23)15-20(16-24)17-25/h6-12,14-15,19H,4-5,13H2,1-3H3. The fourth-order valence-electron chi connectivity index (χ4n) is 3.03. The van der Waals surface area contributed by atoms with Gasteiger partial charge in [-0.2, -0.15) is 10.5 Å². The Bertz CT molecular complexity index is 822. The Labute approximate surface area is 156 Å². The van der Waals surface area contributed by atoms with Gasteiger partial charge in [-0.25, -0.2) is 0 Å². The fourth-order valence-corrected chi connectivity index (χ4v) is 3.03. The lowest BCUT2D eigenvalue weighted by Crippen LogP contribution is -2.28. The van der Waals surface area contributed by atoms with Gasteiger partial charge in [0.2, 0.25) is 0 Å². The fraction of sp³-hybridized carbons (Fsp3) is 0.304. The predicted octanol–water partition coefficient (Wildman–Crippen LogP) is 5.79. The maximum atomic E-state index is 8.97. The lowest BCUT2D eigenvalue weighted by atomic mass is 10.0. The molecule has 0 saturated carbocycles. The minimum Gasteiger partial charge on any atom is -0.365 e. The number of aryl methyl sites for hydroxylation is 1. The zero-order valence-electron chi connectivity index (χ0n) is 15.7. The largest absolute Gasteiger partial charge is 0.365 e. The van der Waals surface area contributed by atoms with E-state index in [0.717, 1.165) is 30.5 Å². The molecule has 0 spiro atoms. The average molecular weight is 343 g/mol. The van der Waals surface area contributed by atoms with Crippen LogP contribution in [0.5, 0.6) is 0 Å². The Balaban J connectivity index is 2.37. The molecule has 2 aromatic carbocycles. The zero-order chi connectivity index (χ0) is 18.9. The third-order valence-electron chi connectivity index (χ3n) is 4.63. The summed E-state index contributed by atoms with van der Waals surface area (Å²) in [6, 6.07) is 20.9. The van der Waals surface area contributed by atoms with Crippen LogP contribution in [-0.2, 0) is 0 Å². The van der Waals surface area contributed by atoms with Crippen LogP contribution < -0.4 is 4.90 Å². The monoisotopic (exact) mass is 343 g/mol. The van der Waals surface area contributed by atoms with Crippen LogP contribution in [0.4, 0.5) is 5.69 Å². The van der Waals surface area contributed by atoms with E-state index < -0.39 is 0 Å². The van der Waals surface area contributed by atoms with Crippen LogP contribution in [0.15, 0.2) is 54.1 Å². The number of anilines is 1. The summed E-state index contributed by atoms with van der Waals surface area (Å²) in [5.74, 6) is 0. The number of hydrogen-bond acceptors (Lipinski definition) is 3. The van der Waals surface area contributed by atoms with Crippen molar-refractivity contribution in [2.75, 3.05) is 11.4 Å². The molecule has 0 saturated heterocycles. The average Bonchev–Trinajstić information content (AvgIpc) is 2.68. The maximum absolute atomic E-state index is 8.97. The molecule has 0 aliphatic rings. The van der Waals surface area contributed by atoms with Gasteiger partial charge in [-0.15, -0.1) is 0 Å². The van der Waals surface area contributed by atoms with Crippen LogP contribution in [0.1, 0.15) is 49.4 Å². The van der Waals surface area contributed by atoms with Crippen molar-refractivity contribution in [3.8, 4) is 12.1 Å². The first-order chi connectivity index (χ1) is 12.6. The zero-order valence-corrected chi connectivity index (χ0v) is 15.7. The summed E-state index contributed by atoms with van der Waals surface area (Å²) in [7, 11) is 0. The van der Waals surface area contributed by atoms with Crippen LogP contribution in [-0.4, -0.2) is 6.54 Å². The number of hydrogen-bond donors (Lipinski definition) is 0. The van der Waals surface area contributed by atoms with Gasteiger partial charge in [0.15, 0.2) is 0 Å². The molecule has 0 aliphatic carbocycles. The van der Waals surface area contributed by atoms with Gasteiger partial charge in [0.25, 0.3) is 0 Å². The lowest BCUT2D eigenvalue weighted by Gasteiger charge is -2.32. The van der Waals surface area contributed by atoms with E-state index in [2.05, 4.69) is 55.1 Å². The Morgan fingerprint density at radius 1 is 1.12 bits per heavy atom. The van der Waals surface area contributed by atoms with Gasteiger partial charge in [-0.1, -0.05) is 49.7 Å². The summed E-state index contributed by atoms with van der Waals surface area (Å²) in [5, 5.41) is 17.9. The Morgan fingerprint density at radius 3 is 2.38 bits per heavy atom. The molecule has 26 heavy (non-hydrogen) atoms. The second-order valence-corrected chi connectivity index (χ2v) is 6.46. The van der Waals surface area contributed by atoms with Gasteiger partial charge in [0.1, 0.15) is 17.7 Å². The molecule has 0 amide bonds. The molecule has 2 rings (SSSR count). The Morgan fingerprint density at radius 2 is 1.81 bits per heavy atom. The van der Waals surface area contributed by atoms with Gasteiger partial charge in [0, 0.05) is 12.2 Å². The van der Waals surface area contributed by atoms with Crippen molar-refractivity contribution >= 4 is 11.8 Å². The van der Waals surface area contributed by atoms with Crippen molar-refractivity contribution in [2.45, 2.75) is 39.7 Å². The third-order valence-corrected chi connectivity index (χ3v) is 4.63. The van der Waals surface area contributed by atoms with Crippen molar-refractivity contribution < 1.29 is 0 Å². The molecular formula is C23H25N3. The first kappa shape index (κ1) is 19.3. The second kappa shape index (κ2) is 9.44. The molecule has 0 bridgehead atoms. The maximum Gasteiger partial charge on any atom is 0.130 e. The minimum atomic E-state index is 0.126. The molecule has 0 radical (unpaired) electrons. The summed E-state index contributed by atoms with van der Waals surface area (Å²) in [4.78, 5) is 2.43. The first-order valence-corrected chi connectivity index (χ1v) is 9.04. The third kappa shape index (κ3) is 4.74. The van der Waals surface area contributed by atoms with Crippen molar-refractivity contribution in [1.29, 1.82) is 10.5 Å². The quantitative estimate of drug-likeness (QED) is 0.598. The van der Waals surface area contributed by atoms with Gasteiger partial charge in [-0.3, -0.25) is 0 Å². The number of nitrogens with zero attached hydrogens (tertiary/aromatic N) is 3. The number of allylic oxidation sites excluding steroid dienone is 1. The number of unbranched alkanes of at least 4 members (excludes halogenated alkanes) is 1. The second-order valence-electron chi connectivity index (χ2n) is 6.46. The van der Waals surface area contributed by atoms with Crippen LogP contribution >= 0.6 is 0 Å². The summed E-state index contributed by atoms with van der Waals surface area (Å²) in [5.41, 5.74) is 4.56. The van der Waals surface area contributed by atoms with Crippen molar-refractivity contribution in [1.82, 2.24) is 0 Å². The number of nitriles is 2. The summed E-state index contributed by atoms with van der Waals surface area (Å²) in [6.45, 7) is 7.45. The van der Waals surface area contributed by atoms with E-state index in [4.69, 9.17) is 10.5 Å². The molecule has 0 aromatic heterocycles. The van der Waals surface area contributed by atoms with Crippen LogP contribution in [0, 0.1) is 29.6 Å². The van der Waals surface area contributed by atoms with Gasteiger partial charge < -0.3 is 4.90 Å². The molecule has 1 unspecified atom stereocenters. The van der Waals surface area contributed by atoms with E-state index >= 15 is 0 Å². The predicted molar refractivity (Wildman–Crippen MR) is 107 cm³/mol. The van der Waals surface area contributed by atoms with Gasteiger partial charge in [-0.05, 0) is 55.2 Å². The molecule has 3 heteroatoms. The normalized spacial score (nSPS) is 11.1. The molecule has 2 aromatic rings. The van der Waals surface area contributed by atoms with E-state index in [0.29, 0.717) is 0 Å². The SMILES string of the molecule is CCCCN(c1ccc(C=C(C#N)C#N)c(C)c1)C(C)c1ccccc1. The van der Waals surface area contributed by atoms with Crippen LogP contribution in [0.25, 0.3) is 6.08 Å². The summed E-state index contributed by atoms with van der Waals surface area (Å²) < 4.78 is 0. The van der Waals surface area contributed by atoms with Crippen LogP contribution in [0.3, 0.4) is 0 Å². The van der Waals surface area contributed by atoms with E-state index in [1.54, 1.807) is 6.08 Å². The molecule has 0 fully saturated rings. The highest BCUT2D eigenvalue weighted by atomic mass is 15.2. The van der Waals surface area contributed by atoms with Crippen molar-refractivity contribution in [2.24, 2.45) is 0 Å². The topological polar surface area (TPSA) is 50.8 Å². The molecule has 3 nitrogen and oxygen atoms in total. The first-order valence-electron chi connectivity index (χ1n) is 9.04. The highest BCUT2D eigenvalue weighted by Crippen LogP contribution is 2.29. The molecule has 0 heterocycles. The number of rotatable bonds is 7. The Kier molecular flexibility index (Phi) is 7.01. The summed E-state index contributed by atoms with van der Waals surface area (Å²) in [6.07, 6.45) is 3.92. The van der Waals surface area contributed by atoms with Gasteiger partial charge >= 0.3 is 0 Å². The van der Waals surface area contributed by atoms with E-state index in [1.165, 1.54) is 11.3 Å². The molecule has 1 atom stereocenters. The summed E-state index contributed by atoms with van der Waals surface area (Å²) >= 11 is 0. The van der Waals surface area contributed by atoms with Crippen LogP contribution in [0.2, 0.25) is 0 Å². The molecule has 0 N–H and O–H groups in total. The minimum absolute atomic E-state index is 0.126. The molecule has 132 valence electrons. The Hall–Kier alpha value is -3.04. The molecular weight excluding hydrogens is 318 g/mol. The van der Waals surface area contributed by atoms with E-state index in [9.17, 15) is 0 Å². The number of benzene rings is 2. The smallest absolute Gasteiger partial charge is 0.130 e. The highest BCUT2D eigenvalue weighted by molar-refractivity contribution is 5.67. The lowest BCUT2D eigenvalue weighted by molar-refractivity contribution is 0.636. The van der Waals surface area contributed by atoms with Gasteiger partial charge in [0.05, 0.1) is 6.04 Å². The highest BCUT2D eigenvalue weighted by Gasteiger charge is 2.16. The van der Waals surface area contributed by atoms with Crippen molar-refractivity contribution in [3.63, 3.8) is 0 Å². The van der Waals surface area contributed by atoms with Crippen molar-refractivity contribution in [3.05, 3.63) is 70.8 Å². The molecule has 0 aliphatic heterocycles. The van der Waals surface area contributed by atoms with E-state index in [1.807, 2.05) is 31.2 Å².